The van der Waals surface area contributed by atoms with Gasteiger partial charge < -0.3 is 9.73 Å². The Morgan fingerprint density at radius 2 is 2.39 bits per heavy atom. The van der Waals surface area contributed by atoms with Crippen LogP contribution in [0, 0.1) is 0 Å². The minimum atomic E-state index is -2.91. The predicted octanol–water partition coefficient (Wildman–Crippen LogP) is 0.946. The fraction of sp³-hybridized carbons (Fsp3) is 0.750. The van der Waals surface area contributed by atoms with E-state index in [1.54, 1.807) is 6.20 Å². The first kappa shape index (κ1) is 13.5. The monoisotopic (exact) mass is 272 g/mol. The third kappa shape index (κ3) is 3.32. The molecule has 1 aliphatic rings. The summed E-state index contributed by atoms with van der Waals surface area (Å²) in [5, 5.41) is 2.78. The van der Waals surface area contributed by atoms with E-state index < -0.39 is 9.84 Å². The number of rotatable bonds is 6. The van der Waals surface area contributed by atoms with Gasteiger partial charge in [0.2, 0.25) is 0 Å². The Hall–Kier alpha value is -0.880. The maximum Gasteiger partial charge on any atom is 0.195 e. The fourth-order valence-corrected chi connectivity index (χ4v) is 4.10. The van der Waals surface area contributed by atoms with Crippen LogP contribution in [0.2, 0.25) is 0 Å². The van der Waals surface area contributed by atoms with Gasteiger partial charge in [0.25, 0.3) is 0 Å². The first-order valence-corrected chi connectivity index (χ1v) is 8.13. The van der Waals surface area contributed by atoms with E-state index in [0.29, 0.717) is 18.1 Å². The van der Waals surface area contributed by atoms with Crippen LogP contribution in [0.1, 0.15) is 30.9 Å². The molecular weight excluding hydrogens is 252 g/mol. The molecule has 0 amide bonds. The highest BCUT2D eigenvalue weighted by Gasteiger charge is 2.32. The molecule has 6 heteroatoms. The molecule has 102 valence electrons. The third-order valence-electron chi connectivity index (χ3n) is 3.32. The van der Waals surface area contributed by atoms with Gasteiger partial charge in [0.15, 0.2) is 15.7 Å². The molecule has 5 nitrogen and oxygen atoms in total. The molecule has 0 aromatic carbocycles. The topological polar surface area (TPSA) is 72.2 Å². The largest absolute Gasteiger partial charge is 0.446 e. The Bertz CT molecular complexity index is 481. The van der Waals surface area contributed by atoms with Crippen molar-refractivity contribution in [3.63, 3.8) is 0 Å². The molecule has 1 N–H and O–H groups in total. The molecule has 1 unspecified atom stereocenters. The second kappa shape index (κ2) is 5.84. The van der Waals surface area contributed by atoms with Crippen LogP contribution >= 0.6 is 0 Å². The third-order valence-corrected chi connectivity index (χ3v) is 5.59. The molecule has 1 atom stereocenters. The van der Waals surface area contributed by atoms with Crippen molar-refractivity contribution in [1.29, 1.82) is 0 Å². The van der Waals surface area contributed by atoms with Crippen LogP contribution in [0.4, 0.5) is 0 Å². The van der Waals surface area contributed by atoms with Gasteiger partial charge in [0.1, 0.15) is 5.76 Å². The SMILES string of the molecule is CNCCCc1cnc(CC2CCCS2(=O)=O)o1. The zero-order chi connectivity index (χ0) is 13.0. The van der Waals surface area contributed by atoms with Crippen LogP contribution in [0.15, 0.2) is 10.6 Å². The summed E-state index contributed by atoms with van der Waals surface area (Å²) < 4.78 is 29.0. The second-order valence-corrected chi connectivity index (χ2v) is 7.16. The van der Waals surface area contributed by atoms with Gasteiger partial charge in [-0.15, -0.1) is 0 Å². The van der Waals surface area contributed by atoms with Crippen molar-refractivity contribution in [3.8, 4) is 0 Å². The first-order chi connectivity index (χ1) is 8.62. The molecule has 0 saturated carbocycles. The lowest BCUT2D eigenvalue weighted by molar-refractivity contribution is 0.442. The van der Waals surface area contributed by atoms with Crippen molar-refractivity contribution in [3.05, 3.63) is 17.8 Å². The zero-order valence-corrected chi connectivity index (χ0v) is 11.5. The van der Waals surface area contributed by atoms with Crippen molar-refractivity contribution in [2.75, 3.05) is 19.3 Å². The van der Waals surface area contributed by atoms with E-state index >= 15 is 0 Å². The molecule has 1 saturated heterocycles. The van der Waals surface area contributed by atoms with Crippen molar-refractivity contribution < 1.29 is 12.8 Å². The fourth-order valence-electron chi connectivity index (χ4n) is 2.28. The van der Waals surface area contributed by atoms with E-state index in [1.807, 2.05) is 7.05 Å². The number of aromatic nitrogens is 1. The Morgan fingerprint density at radius 1 is 1.56 bits per heavy atom. The van der Waals surface area contributed by atoms with E-state index in [-0.39, 0.29) is 5.25 Å². The number of nitrogens with zero attached hydrogens (tertiary/aromatic N) is 1. The van der Waals surface area contributed by atoms with Gasteiger partial charge in [0, 0.05) is 12.8 Å². The summed E-state index contributed by atoms with van der Waals surface area (Å²) in [6, 6.07) is 0. The van der Waals surface area contributed by atoms with E-state index in [0.717, 1.165) is 38.0 Å². The summed E-state index contributed by atoms with van der Waals surface area (Å²) in [4.78, 5) is 4.17. The number of aryl methyl sites for hydroxylation is 1. The van der Waals surface area contributed by atoms with Crippen LogP contribution < -0.4 is 5.32 Å². The number of oxazole rings is 1. The Labute approximate surface area is 108 Å². The molecule has 1 fully saturated rings. The van der Waals surface area contributed by atoms with Gasteiger partial charge >= 0.3 is 0 Å². The quantitative estimate of drug-likeness (QED) is 0.781. The summed E-state index contributed by atoms with van der Waals surface area (Å²) in [5.41, 5.74) is 0. The lowest BCUT2D eigenvalue weighted by Crippen LogP contribution is -2.18. The summed E-state index contributed by atoms with van der Waals surface area (Å²) >= 11 is 0. The number of nitrogens with one attached hydrogen (secondary N) is 1. The van der Waals surface area contributed by atoms with Crippen LogP contribution in [-0.2, 0) is 22.7 Å². The molecular formula is C12H20N2O3S. The smallest absolute Gasteiger partial charge is 0.195 e. The van der Waals surface area contributed by atoms with Gasteiger partial charge in [-0.2, -0.15) is 0 Å². The van der Waals surface area contributed by atoms with Gasteiger partial charge in [-0.3, -0.25) is 0 Å². The Balaban J connectivity index is 1.90. The molecule has 2 heterocycles. The van der Waals surface area contributed by atoms with E-state index in [9.17, 15) is 8.42 Å². The molecule has 1 aromatic rings. The molecule has 1 aromatic heterocycles. The van der Waals surface area contributed by atoms with E-state index in [1.165, 1.54) is 0 Å². The van der Waals surface area contributed by atoms with Gasteiger partial charge in [-0.25, -0.2) is 13.4 Å². The molecule has 2 rings (SSSR count). The minimum absolute atomic E-state index is 0.290. The maximum absolute atomic E-state index is 11.7. The van der Waals surface area contributed by atoms with E-state index in [2.05, 4.69) is 10.3 Å². The Morgan fingerprint density at radius 3 is 3.06 bits per heavy atom. The molecule has 18 heavy (non-hydrogen) atoms. The summed E-state index contributed by atoms with van der Waals surface area (Å²) in [6.45, 7) is 0.938. The van der Waals surface area contributed by atoms with Gasteiger partial charge in [0.05, 0.1) is 17.2 Å². The van der Waals surface area contributed by atoms with E-state index in [4.69, 9.17) is 4.42 Å². The molecule has 1 aliphatic heterocycles. The number of hydrogen-bond donors (Lipinski definition) is 1. The average molecular weight is 272 g/mol. The van der Waals surface area contributed by atoms with Gasteiger partial charge in [-0.1, -0.05) is 0 Å². The van der Waals surface area contributed by atoms with Crippen molar-refractivity contribution in [1.82, 2.24) is 10.3 Å². The molecule has 0 aliphatic carbocycles. The predicted molar refractivity (Wildman–Crippen MR) is 69.3 cm³/mol. The first-order valence-electron chi connectivity index (χ1n) is 6.41. The van der Waals surface area contributed by atoms with Crippen molar-refractivity contribution in [2.24, 2.45) is 0 Å². The van der Waals surface area contributed by atoms with Crippen molar-refractivity contribution >= 4 is 9.84 Å². The van der Waals surface area contributed by atoms with Crippen LogP contribution in [0.5, 0.6) is 0 Å². The minimum Gasteiger partial charge on any atom is -0.446 e. The normalized spacial score (nSPS) is 22.4. The Kier molecular flexibility index (Phi) is 4.40. The highest BCUT2D eigenvalue weighted by atomic mass is 32.2. The highest BCUT2D eigenvalue weighted by molar-refractivity contribution is 7.92. The van der Waals surface area contributed by atoms with Gasteiger partial charge in [-0.05, 0) is 32.9 Å². The second-order valence-electron chi connectivity index (χ2n) is 4.76. The molecule has 0 bridgehead atoms. The van der Waals surface area contributed by atoms with Crippen LogP contribution in [0.25, 0.3) is 0 Å². The highest BCUT2D eigenvalue weighted by Crippen LogP contribution is 2.23. The molecule has 0 spiro atoms. The summed E-state index contributed by atoms with van der Waals surface area (Å²) in [6.07, 6.45) is 5.47. The number of hydrogen-bond acceptors (Lipinski definition) is 5. The molecule has 0 radical (unpaired) electrons. The zero-order valence-electron chi connectivity index (χ0n) is 10.7. The standard InChI is InChI=1S/C12H20N2O3S/c1-13-6-2-4-10-9-14-12(17-10)8-11-5-3-7-18(11,15)16/h9,11,13H,2-8H2,1H3. The summed E-state index contributed by atoms with van der Waals surface area (Å²) in [5.74, 6) is 1.72. The maximum atomic E-state index is 11.7. The lowest BCUT2D eigenvalue weighted by Gasteiger charge is -2.05. The average Bonchev–Trinajstić information content (AvgIpc) is 2.88. The van der Waals surface area contributed by atoms with Crippen molar-refractivity contribution in [2.45, 2.75) is 37.4 Å². The lowest BCUT2D eigenvalue weighted by atomic mass is 10.2. The van der Waals surface area contributed by atoms with Crippen LogP contribution in [0.3, 0.4) is 0 Å². The summed E-state index contributed by atoms with van der Waals surface area (Å²) in [7, 11) is -0.993. The number of sulfone groups is 1. The van der Waals surface area contributed by atoms with Crippen LogP contribution in [-0.4, -0.2) is 38.0 Å².